The summed E-state index contributed by atoms with van der Waals surface area (Å²) < 4.78 is 31.8. The van der Waals surface area contributed by atoms with Crippen LogP contribution in [0.25, 0.3) is 22.3 Å². The van der Waals surface area contributed by atoms with Gasteiger partial charge in [-0.25, -0.2) is 0 Å². The molecule has 23 heavy (non-hydrogen) atoms. The summed E-state index contributed by atoms with van der Waals surface area (Å²) in [6.07, 6.45) is 0. The second-order valence-electron chi connectivity index (χ2n) is 4.73. The highest BCUT2D eigenvalue weighted by Gasteiger charge is 2.11. The Balaban J connectivity index is 2.05. The van der Waals surface area contributed by atoms with Crippen molar-refractivity contribution in [3.63, 3.8) is 0 Å². The Morgan fingerprint density at radius 1 is 1.09 bits per heavy atom. The van der Waals surface area contributed by atoms with Crippen LogP contribution in [0.15, 0.2) is 57.7 Å². The zero-order valence-electron chi connectivity index (χ0n) is 11.6. The van der Waals surface area contributed by atoms with Crippen LogP contribution >= 0.6 is 0 Å². The van der Waals surface area contributed by atoms with Crippen LogP contribution in [-0.4, -0.2) is 13.5 Å². The van der Waals surface area contributed by atoms with Gasteiger partial charge in [-0.1, -0.05) is 6.07 Å². The minimum Gasteiger partial charge on any atom is -0.507 e. The first-order valence-corrected chi connectivity index (χ1v) is 7.89. The number of aromatic hydroxyl groups is 1. The molecule has 3 aromatic rings. The fraction of sp³-hybridized carbons (Fsp3) is 0. The standard InChI is InChI=1S/C15H11NO6S/c16-23(19,20)22-10-6-4-9(5-7-10)14-8-12(18)15-11(17)2-1-3-13(15)21-14/h1-8,17H,(H2,16,19,20). The number of phenolic OH excluding ortho intramolecular Hbond substituents is 1. The van der Waals surface area contributed by atoms with E-state index >= 15 is 0 Å². The minimum absolute atomic E-state index is 0.0389. The molecule has 0 radical (unpaired) electrons. The molecule has 7 nitrogen and oxygen atoms in total. The van der Waals surface area contributed by atoms with Gasteiger partial charge >= 0.3 is 10.3 Å². The molecule has 0 saturated carbocycles. The van der Waals surface area contributed by atoms with Crippen molar-refractivity contribution in [1.29, 1.82) is 0 Å². The number of benzene rings is 2. The molecule has 0 unspecified atom stereocenters. The molecule has 0 aliphatic heterocycles. The molecule has 0 fully saturated rings. The number of rotatable bonds is 3. The average molecular weight is 333 g/mol. The molecule has 8 heteroatoms. The highest BCUT2D eigenvalue weighted by atomic mass is 32.2. The van der Waals surface area contributed by atoms with Crippen molar-refractivity contribution in [2.24, 2.45) is 5.14 Å². The Bertz CT molecular complexity index is 1040. The summed E-state index contributed by atoms with van der Waals surface area (Å²) in [5.74, 6) is 0.159. The largest absolute Gasteiger partial charge is 0.507 e. The Morgan fingerprint density at radius 2 is 1.78 bits per heavy atom. The molecule has 0 aliphatic rings. The number of phenols is 1. The van der Waals surface area contributed by atoms with Crippen LogP contribution in [0.4, 0.5) is 0 Å². The van der Waals surface area contributed by atoms with Crippen molar-refractivity contribution in [3.05, 3.63) is 58.8 Å². The van der Waals surface area contributed by atoms with Gasteiger partial charge in [0.1, 0.15) is 28.2 Å². The van der Waals surface area contributed by atoms with Gasteiger partial charge in [-0.2, -0.15) is 13.6 Å². The van der Waals surface area contributed by atoms with Crippen molar-refractivity contribution in [3.8, 4) is 22.8 Å². The fourth-order valence-corrected chi connectivity index (χ4v) is 2.52. The lowest BCUT2D eigenvalue weighted by molar-refractivity contribution is 0.479. The Kier molecular flexibility index (Phi) is 3.55. The number of hydrogen-bond donors (Lipinski definition) is 2. The molecule has 1 aromatic heterocycles. The number of hydrogen-bond acceptors (Lipinski definition) is 6. The third-order valence-corrected chi connectivity index (χ3v) is 3.51. The third-order valence-electron chi connectivity index (χ3n) is 3.08. The van der Waals surface area contributed by atoms with Crippen molar-refractivity contribution in [1.82, 2.24) is 0 Å². The molecule has 3 rings (SSSR count). The van der Waals surface area contributed by atoms with E-state index in [1.54, 1.807) is 12.1 Å². The summed E-state index contributed by atoms with van der Waals surface area (Å²) in [6, 6.07) is 11.6. The van der Waals surface area contributed by atoms with Crippen molar-refractivity contribution >= 4 is 21.3 Å². The van der Waals surface area contributed by atoms with Gasteiger partial charge in [0.2, 0.25) is 0 Å². The van der Waals surface area contributed by atoms with E-state index in [9.17, 15) is 18.3 Å². The highest BCUT2D eigenvalue weighted by Crippen LogP contribution is 2.27. The fourth-order valence-electron chi connectivity index (χ4n) is 2.14. The molecule has 3 N–H and O–H groups in total. The van der Waals surface area contributed by atoms with E-state index in [0.29, 0.717) is 5.56 Å². The normalized spacial score (nSPS) is 11.5. The Hall–Kier alpha value is -2.84. The zero-order valence-corrected chi connectivity index (χ0v) is 12.4. The van der Waals surface area contributed by atoms with E-state index in [0.717, 1.165) is 0 Å². The van der Waals surface area contributed by atoms with E-state index in [-0.39, 0.29) is 33.7 Å². The smallest absolute Gasteiger partial charge is 0.380 e. The van der Waals surface area contributed by atoms with E-state index in [1.807, 2.05) is 0 Å². The summed E-state index contributed by atoms with van der Waals surface area (Å²) in [5.41, 5.74) is 0.399. The molecule has 0 saturated heterocycles. The lowest BCUT2D eigenvalue weighted by Gasteiger charge is -2.06. The van der Waals surface area contributed by atoms with Gasteiger partial charge in [0.15, 0.2) is 5.43 Å². The quantitative estimate of drug-likeness (QED) is 0.753. The van der Waals surface area contributed by atoms with Gasteiger partial charge in [-0.3, -0.25) is 4.79 Å². The van der Waals surface area contributed by atoms with Crippen molar-refractivity contribution < 1.29 is 22.1 Å². The van der Waals surface area contributed by atoms with Gasteiger partial charge in [0, 0.05) is 11.6 Å². The van der Waals surface area contributed by atoms with Gasteiger partial charge in [-0.15, -0.1) is 0 Å². The summed E-state index contributed by atoms with van der Waals surface area (Å²) in [5, 5.41) is 14.6. The molecular weight excluding hydrogens is 322 g/mol. The molecular formula is C15H11NO6S. The predicted molar refractivity (Wildman–Crippen MR) is 83.3 cm³/mol. The Labute approximate surface area is 130 Å². The van der Waals surface area contributed by atoms with Crippen LogP contribution in [0.1, 0.15) is 0 Å². The molecule has 118 valence electrons. The maximum atomic E-state index is 12.1. The first-order valence-electron chi connectivity index (χ1n) is 6.42. The molecule has 1 heterocycles. The van der Waals surface area contributed by atoms with Crippen LogP contribution < -0.4 is 14.8 Å². The summed E-state index contributed by atoms with van der Waals surface area (Å²) in [7, 11) is -4.10. The van der Waals surface area contributed by atoms with E-state index in [2.05, 4.69) is 4.18 Å². The lowest BCUT2D eigenvalue weighted by atomic mass is 10.1. The van der Waals surface area contributed by atoms with E-state index in [1.165, 1.54) is 36.4 Å². The number of nitrogens with two attached hydrogens (primary N) is 1. The van der Waals surface area contributed by atoms with Crippen LogP contribution in [-0.2, 0) is 10.3 Å². The van der Waals surface area contributed by atoms with Gasteiger partial charge in [-0.05, 0) is 36.4 Å². The second kappa shape index (κ2) is 5.41. The monoisotopic (exact) mass is 333 g/mol. The first kappa shape index (κ1) is 15.1. The predicted octanol–water partition coefficient (Wildman–Crippen LogP) is 1.75. The maximum Gasteiger partial charge on any atom is 0.380 e. The van der Waals surface area contributed by atoms with Crippen molar-refractivity contribution in [2.75, 3.05) is 0 Å². The van der Waals surface area contributed by atoms with E-state index < -0.39 is 10.3 Å². The summed E-state index contributed by atoms with van der Waals surface area (Å²) >= 11 is 0. The number of fused-ring (bicyclic) bond motifs is 1. The third kappa shape index (κ3) is 3.17. The average Bonchev–Trinajstić information content (AvgIpc) is 2.46. The SMILES string of the molecule is NS(=O)(=O)Oc1ccc(-c2cc(=O)c3c(O)cccc3o2)cc1. The summed E-state index contributed by atoms with van der Waals surface area (Å²) in [4.78, 5) is 12.1. The van der Waals surface area contributed by atoms with Gasteiger partial charge in [0.25, 0.3) is 0 Å². The van der Waals surface area contributed by atoms with Crippen molar-refractivity contribution in [2.45, 2.75) is 0 Å². The topological polar surface area (TPSA) is 120 Å². The minimum atomic E-state index is -4.10. The highest BCUT2D eigenvalue weighted by molar-refractivity contribution is 7.84. The van der Waals surface area contributed by atoms with Crippen LogP contribution in [0.3, 0.4) is 0 Å². The van der Waals surface area contributed by atoms with Gasteiger partial charge in [0.05, 0.1) is 0 Å². The summed E-state index contributed by atoms with van der Waals surface area (Å²) in [6.45, 7) is 0. The molecule has 2 aromatic carbocycles. The molecule has 0 atom stereocenters. The zero-order chi connectivity index (χ0) is 16.6. The molecule has 0 amide bonds. The first-order chi connectivity index (χ1) is 10.8. The molecule has 0 aliphatic carbocycles. The van der Waals surface area contributed by atoms with Gasteiger partial charge < -0.3 is 13.7 Å². The van der Waals surface area contributed by atoms with Crippen LogP contribution in [0, 0.1) is 0 Å². The Morgan fingerprint density at radius 3 is 2.43 bits per heavy atom. The molecule has 0 spiro atoms. The van der Waals surface area contributed by atoms with Crippen LogP contribution in [0.5, 0.6) is 11.5 Å². The van der Waals surface area contributed by atoms with Crippen LogP contribution in [0.2, 0.25) is 0 Å². The lowest BCUT2D eigenvalue weighted by Crippen LogP contribution is -2.18. The maximum absolute atomic E-state index is 12.1. The molecule has 0 bridgehead atoms. The van der Waals surface area contributed by atoms with E-state index in [4.69, 9.17) is 9.56 Å². The second-order valence-corrected chi connectivity index (χ2v) is 5.88.